The quantitative estimate of drug-likeness (QED) is 0.606. The molecule has 1 fully saturated rings. The molecular weight excluding hydrogens is 390 g/mol. The lowest BCUT2D eigenvalue weighted by molar-refractivity contribution is -0.119. The third kappa shape index (κ3) is 5.55. The first kappa shape index (κ1) is 21.7. The van der Waals surface area contributed by atoms with Gasteiger partial charge in [0.25, 0.3) is 0 Å². The molecule has 1 aliphatic heterocycles. The molecule has 3 rings (SSSR count). The zero-order valence-corrected chi connectivity index (χ0v) is 17.0. The van der Waals surface area contributed by atoms with E-state index >= 15 is 0 Å². The van der Waals surface area contributed by atoms with Crippen LogP contribution >= 0.6 is 0 Å². The summed E-state index contributed by atoms with van der Waals surface area (Å²) in [7, 11) is 0. The summed E-state index contributed by atoms with van der Waals surface area (Å²) in [4.78, 5) is 24.5. The second-order valence-electron chi connectivity index (χ2n) is 7.41. The largest absolute Gasteiger partial charge is 0.442 e. The lowest BCUT2D eigenvalue weighted by Crippen LogP contribution is -2.33. The minimum Gasteiger partial charge on any atom is -0.442 e. The Balaban J connectivity index is 1.65. The number of aryl methyl sites for hydroxylation is 1. The number of carbonyl (C=O) groups is 2. The van der Waals surface area contributed by atoms with E-state index < -0.39 is 18.0 Å². The number of unbranched alkanes of at least 4 members (excludes halogenated alkanes) is 2. The molecule has 0 aromatic heterocycles. The van der Waals surface area contributed by atoms with E-state index in [1.165, 1.54) is 17.9 Å². The van der Waals surface area contributed by atoms with Crippen LogP contribution in [0.25, 0.3) is 11.1 Å². The van der Waals surface area contributed by atoms with Crippen molar-refractivity contribution in [3.63, 3.8) is 0 Å². The Morgan fingerprint density at radius 3 is 2.60 bits per heavy atom. The van der Waals surface area contributed by atoms with Crippen LogP contribution in [0.5, 0.6) is 0 Å². The van der Waals surface area contributed by atoms with Crippen molar-refractivity contribution < 1.29 is 23.1 Å². The first-order valence-electron chi connectivity index (χ1n) is 10.2. The normalized spacial score (nSPS) is 15.9. The van der Waals surface area contributed by atoms with Crippen LogP contribution in [0.4, 0.5) is 19.3 Å². The van der Waals surface area contributed by atoms with Crippen LogP contribution in [0.2, 0.25) is 0 Å². The number of hydrogen-bond acceptors (Lipinski definition) is 3. The molecule has 2 aromatic carbocycles. The van der Waals surface area contributed by atoms with Gasteiger partial charge < -0.3 is 10.1 Å². The van der Waals surface area contributed by atoms with Crippen LogP contribution in [0.1, 0.15) is 31.7 Å². The number of cyclic esters (lactones) is 1. The van der Waals surface area contributed by atoms with Gasteiger partial charge in [-0.05, 0) is 48.6 Å². The monoisotopic (exact) mass is 416 g/mol. The lowest BCUT2D eigenvalue weighted by atomic mass is 10.0. The Labute approximate surface area is 175 Å². The summed E-state index contributed by atoms with van der Waals surface area (Å²) in [5.74, 6) is -0.632. The van der Waals surface area contributed by atoms with Crippen LogP contribution in [-0.4, -0.2) is 37.9 Å². The van der Waals surface area contributed by atoms with E-state index in [-0.39, 0.29) is 25.7 Å². The predicted octanol–water partition coefficient (Wildman–Crippen LogP) is 4.64. The van der Waals surface area contributed by atoms with E-state index in [1.807, 2.05) is 24.3 Å². The van der Waals surface area contributed by atoms with Gasteiger partial charge in [0.15, 0.2) is 0 Å². The number of carbonyl (C=O) groups excluding carboxylic acids is 2. The molecule has 0 bridgehead atoms. The number of benzene rings is 2. The van der Waals surface area contributed by atoms with E-state index in [1.54, 1.807) is 12.1 Å². The molecule has 1 N–H and O–H groups in total. The molecule has 2 amide bonds. The summed E-state index contributed by atoms with van der Waals surface area (Å²) in [6.45, 7) is 1.58. The molecule has 0 spiro atoms. The average molecular weight is 416 g/mol. The van der Waals surface area contributed by atoms with Crippen LogP contribution < -0.4 is 10.2 Å². The van der Waals surface area contributed by atoms with E-state index in [2.05, 4.69) is 5.32 Å². The maximum Gasteiger partial charge on any atom is 0.414 e. The van der Waals surface area contributed by atoms with Gasteiger partial charge in [-0.2, -0.15) is 0 Å². The molecule has 0 saturated carbocycles. The lowest BCUT2D eigenvalue weighted by Gasteiger charge is -2.14. The highest BCUT2D eigenvalue weighted by Crippen LogP contribution is 2.29. The molecule has 1 aliphatic rings. The van der Waals surface area contributed by atoms with Gasteiger partial charge in [-0.15, -0.1) is 0 Å². The molecule has 1 heterocycles. The number of anilines is 1. The van der Waals surface area contributed by atoms with E-state index in [0.717, 1.165) is 30.4 Å². The average Bonchev–Trinajstić information content (AvgIpc) is 3.11. The summed E-state index contributed by atoms with van der Waals surface area (Å²) in [6.07, 6.45) is 2.23. The van der Waals surface area contributed by atoms with Gasteiger partial charge in [0, 0.05) is 12.5 Å². The molecule has 7 heteroatoms. The number of ether oxygens (including phenoxy) is 1. The summed E-state index contributed by atoms with van der Waals surface area (Å²) in [6, 6.07) is 12.3. The van der Waals surface area contributed by atoms with Crippen molar-refractivity contribution in [2.45, 2.75) is 38.7 Å². The Morgan fingerprint density at radius 1 is 1.17 bits per heavy atom. The van der Waals surface area contributed by atoms with Gasteiger partial charge in [0.2, 0.25) is 5.91 Å². The second kappa shape index (κ2) is 10.2. The van der Waals surface area contributed by atoms with Gasteiger partial charge in [0.1, 0.15) is 11.9 Å². The molecule has 5 nitrogen and oxygen atoms in total. The Hall–Kier alpha value is -2.96. The SMILES string of the molecule is CC(=O)NC[C@H]1CN(c2ccc(-c3ccc(CCCCCF)cc3)c(F)c2)C(=O)O1. The number of nitrogens with zero attached hydrogens (tertiary/aromatic N) is 1. The van der Waals surface area contributed by atoms with Crippen LogP contribution in [-0.2, 0) is 16.0 Å². The standard InChI is InChI=1S/C23H26F2N2O3/c1-16(28)26-14-20-15-27(23(29)30-20)19-10-11-21(22(25)13-19)18-8-6-17(7-9-18)5-3-2-4-12-24/h6-11,13,20H,2-5,12,14-15H2,1H3,(H,26,28)/t20-/m0/s1. The Kier molecular flexibility index (Phi) is 7.38. The van der Waals surface area contributed by atoms with Crippen LogP contribution in [0.15, 0.2) is 42.5 Å². The molecule has 30 heavy (non-hydrogen) atoms. The van der Waals surface area contributed by atoms with E-state index in [9.17, 15) is 18.4 Å². The van der Waals surface area contributed by atoms with Gasteiger partial charge in [0.05, 0.1) is 25.5 Å². The van der Waals surface area contributed by atoms with Crippen molar-refractivity contribution in [3.05, 3.63) is 53.8 Å². The highest BCUT2D eigenvalue weighted by atomic mass is 19.1. The van der Waals surface area contributed by atoms with Gasteiger partial charge in [-0.25, -0.2) is 9.18 Å². The highest BCUT2D eigenvalue weighted by molar-refractivity contribution is 5.90. The molecule has 0 aliphatic carbocycles. The van der Waals surface area contributed by atoms with Crippen molar-refractivity contribution in [3.8, 4) is 11.1 Å². The van der Waals surface area contributed by atoms with Crippen molar-refractivity contribution in [1.82, 2.24) is 5.32 Å². The van der Waals surface area contributed by atoms with Gasteiger partial charge in [-0.1, -0.05) is 30.7 Å². The van der Waals surface area contributed by atoms with Crippen LogP contribution in [0, 0.1) is 5.82 Å². The number of nitrogens with one attached hydrogen (secondary N) is 1. The fraction of sp³-hybridized carbons (Fsp3) is 0.391. The van der Waals surface area contributed by atoms with Gasteiger partial charge in [-0.3, -0.25) is 14.1 Å². The Bertz CT molecular complexity index is 887. The predicted molar refractivity (Wildman–Crippen MR) is 112 cm³/mol. The fourth-order valence-corrected chi connectivity index (χ4v) is 3.45. The van der Waals surface area contributed by atoms with E-state index in [0.29, 0.717) is 17.7 Å². The zero-order chi connectivity index (χ0) is 21.5. The topological polar surface area (TPSA) is 58.6 Å². The minimum absolute atomic E-state index is 0.203. The molecule has 160 valence electrons. The molecule has 0 unspecified atom stereocenters. The first-order valence-corrected chi connectivity index (χ1v) is 10.2. The number of alkyl halides is 1. The minimum atomic E-state index is -0.561. The summed E-state index contributed by atoms with van der Waals surface area (Å²) >= 11 is 0. The number of halogens is 2. The van der Waals surface area contributed by atoms with Gasteiger partial charge >= 0.3 is 6.09 Å². The fourth-order valence-electron chi connectivity index (χ4n) is 3.45. The van der Waals surface area contributed by atoms with Crippen molar-refractivity contribution in [2.75, 3.05) is 24.7 Å². The molecule has 1 atom stereocenters. The molecule has 2 aromatic rings. The van der Waals surface area contributed by atoms with Crippen molar-refractivity contribution in [2.24, 2.45) is 0 Å². The maximum atomic E-state index is 14.8. The second-order valence-corrected chi connectivity index (χ2v) is 7.41. The van der Waals surface area contributed by atoms with Crippen LogP contribution in [0.3, 0.4) is 0 Å². The summed E-state index contributed by atoms with van der Waals surface area (Å²) in [5.41, 5.74) is 2.75. The highest BCUT2D eigenvalue weighted by Gasteiger charge is 2.32. The Morgan fingerprint density at radius 2 is 1.93 bits per heavy atom. The van der Waals surface area contributed by atoms with Crippen molar-refractivity contribution in [1.29, 1.82) is 0 Å². The molecular formula is C23H26F2N2O3. The number of rotatable bonds is 9. The number of hydrogen-bond donors (Lipinski definition) is 1. The smallest absolute Gasteiger partial charge is 0.414 e. The summed E-state index contributed by atoms with van der Waals surface area (Å²) in [5, 5.41) is 2.61. The molecule has 0 radical (unpaired) electrons. The zero-order valence-electron chi connectivity index (χ0n) is 17.0. The maximum absolute atomic E-state index is 14.8. The first-order chi connectivity index (χ1) is 14.5. The van der Waals surface area contributed by atoms with Crippen molar-refractivity contribution >= 4 is 17.7 Å². The summed E-state index contributed by atoms with van der Waals surface area (Å²) < 4.78 is 32.2. The third-order valence-electron chi connectivity index (χ3n) is 5.08. The molecule has 1 saturated heterocycles. The third-order valence-corrected chi connectivity index (χ3v) is 5.08. The number of amides is 2. The van der Waals surface area contributed by atoms with E-state index in [4.69, 9.17) is 4.74 Å².